The van der Waals surface area contributed by atoms with Gasteiger partial charge in [0.25, 0.3) is 0 Å². The fourth-order valence-corrected chi connectivity index (χ4v) is 0.547. The second kappa shape index (κ2) is 4.40. The predicted molar refractivity (Wildman–Crippen MR) is 37.8 cm³/mol. The lowest BCUT2D eigenvalue weighted by molar-refractivity contribution is -0.134. The number of hydrogen-bond acceptors (Lipinski definition) is 5. The van der Waals surface area contributed by atoms with Crippen molar-refractivity contribution >= 4 is 5.78 Å². The van der Waals surface area contributed by atoms with Crippen LogP contribution in [0.25, 0.3) is 0 Å². The number of hydrogen-bond donors (Lipinski definition) is 4. The van der Waals surface area contributed by atoms with Gasteiger partial charge in [0.1, 0.15) is 6.10 Å². The molecule has 0 aromatic rings. The molecule has 0 aliphatic heterocycles. The minimum absolute atomic E-state index is 0.525. The van der Waals surface area contributed by atoms with Gasteiger partial charge in [-0.25, -0.2) is 0 Å². The summed E-state index contributed by atoms with van der Waals surface area (Å²) < 4.78 is 0. The Kier molecular flexibility index (Phi) is 4.20. The lowest BCUT2D eigenvalue weighted by Gasteiger charge is -2.15. The van der Waals surface area contributed by atoms with Crippen molar-refractivity contribution in [3.05, 3.63) is 0 Å². The third kappa shape index (κ3) is 2.94. The molecule has 11 heavy (non-hydrogen) atoms. The average molecular weight is 163 g/mol. The largest absolute Gasteiger partial charge is 0.394 e. The molecule has 0 aromatic heterocycles. The predicted octanol–water partition coefficient (Wildman–Crippen LogP) is -2.38. The Morgan fingerprint density at radius 1 is 1.55 bits per heavy atom. The molecule has 66 valence electrons. The maximum absolute atomic E-state index is 10.8. The Morgan fingerprint density at radius 2 is 2.00 bits per heavy atom. The summed E-state index contributed by atoms with van der Waals surface area (Å²) in [4.78, 5) is 10.8. The van der Waals surface area contributed by atoms with Crippen LogP contribution in [0.4, 0.5) is 0 Å². The molecule has 0 aliphatic rings. The smallest absolute Gasteiger partial charge is 0.182 e. The van der Waals surface area contributed by atoms with Gasteiger partial charge < -0.3 is 21.1 Å². The van der Waals surface area contributed by atoms with Crippen molar-refractivity contribution in [1.82, 2.24) is 0 Å². The number of carbonyl (C=O) groups excluding carboxylic acids is 1. The Morgan fingerprint density at radius 3 is 2.27 bits per heavy atom. The monoisotopic (exact) mass is 163 g/mol. The van der Waals surface area contributed by atoms with E-state index in [4.69, 9.17) is 21.1 Å². The fourth-order valence-electron chi connectivity index (χ4n) is 0.547. The fraction of sp³-hybridized carbons (Fsp3) is 0.833. The molecule has 0 heterocycles. The van der Waals surface area contributed by atoms with Crippen LogP contribution in [0.15, 0.2) is 0 Å². The van der Waals surface area contributed by atoms with Gasteiger partial charge in [0, 0.05) is 0 Å². The Bertz CT molecular complexity index is 137. The topological polar surface area (TPSA) is 104 Å². The van der Waals surface area contributed by atoms with Gasteiger partial charge in [0.2, 0.25) is 0 Å². The van der Waals surface area contributed by atoms with Gasteiger partial charge in [-0.2, -0.15) is 0 Å². The van der Waals surface area contributed by atoms with E-state index in [0.29, 0.717) is 0 Å². The molecular formula is C6H13NO4. The highest BCUT2D eigenvalue weighted by Crippen LogP contribution is 1.96. The highest BCUT2D eigenvalue weighted by Gasteiger charge is 2.25. The van der Waals surface area contributed by atoms with E-state index in [9.17, 15) is 4.79 Å². The second-order valence-corrected chi connectivity index (χ2v) is 2.38. The van der Waals surface area contributed by atoms with Gasteiger partial charge in [-0.15, -0.1) is 0 Å². The number of carbonyl (C=O) groups is 1. The minimum Gasteiger partial charge on any atom is -0.394 e. The van der Waals surface area contributed by atoms with E-state index in [1.807, 2.05) is 0 Å². The standard InChI is InChI=1S/C6H13NO4/c1-3(9)5(10)6(11)4(7)2-8/h3-5,8-10H,2,7H2,1H3/t3-,4+,5-/m0/s1. The van der Waals surface area contributed by atoms with E-state index in [1.54, 1.807) is 0 Å². The van der Waals surface area contributed by atoms with Gasteiger partial charge in [-0.1, -0.05) is 0 Å². The summed E-state index contributed by atoms with van der Waals surface area (Å²) in [6, 6.07) is -1.11. The molecular weight excluding hydrogens is 150 g/mol. The van der Waals surface area contributed by atoms with E-state index < -0.39 is 30.6 Å². The number of Topliss-reactive ketones (excluding diaryl/α,β-unsaturated/α-hetero) is 1. The summed E-state index contributed by atoms with van der Waals surface area (Å²) in [5, 5.41) is 26.0. The third-order valence-corrected chi connectivity index (χ3v) is 1.31. The van der Waals surface area contributed by atoms with Crippen molar-refractivity contribution in [2.75, 3.05) is 6.61 Å². The highest BCUT2D eigenvalue weighted by molar-refractivity contribution is 5.88. The first-order chi connectivity index (χ1) is 5.00. The quantitative estimate of drug-likeness (QED) is 0.370. The molecule has 3 atom stereocenters. The zero-order valence-corrected chi connectivity index (χ0v) is 6.27. The van der Waals surface area contributed by atoms with Crippen molar-refractivity contribution < 1.29 is 20.1 Å². The van der Waals surface area contributed by atoms with Crippen LogP contribution in [0, 0.1) is 0 Å². The highest BCUT2D eigenvalue weighted by atomic mass is 16.3. The first-order valence-electron chi connectivity index (χ1n) is 3.27. The van der Waals surface area contributed by atoms with Gasteiger partial charge in [0.15, 0.2) is 5.78 Å². The van der Waals surface area contributed by atoms with Crippen molar-refractivity contribution in [3.63, 3.8) is 0 Å². The van der Waals surface area contributed by atoms with Gasteiger partial charge in [0.05, 0.1) is 18.8 Å². The molecule has 0 spiro atoms. The third-order valence-electron chi connectivity index (χ3n) is 1.31. The number of aliphatic hydroxyl groups excluding tert-OH is 3. The zero-order chi connectivity index (χ0) is 9.02. The molecule has 0 amide bonds. The van der Waals surface area contributed by atoms with Crippen LogP contribution in [-0.2, 0) is 4.79 Å². The maximum atomic E-state index is 10.8. The molecule has 0 saturated heterocycles. The van der Waals surface area contributed by atoms with E-state index >= 15 is 0 Å². The number of rotatable bonds is 4. The van der Waals surface area contributed by atoms with Crippen molar-refractivity contribution in [1.29, 1.82) is 0 Å². The molecule has 0 aromatic carbocycles. The van der Waals surface area contributed by atoms with Crippen LogP contribution in [-0.4, -0.2) is 46.0 Å². The van der Waals surface area contributed by atoms with Crippen LogP contribution in [0.1, 0.15) is 6.92 Å². The van der Waals surface area contributed by atoms with E-state index in [-0.39, 0.29) is 0 Å². The second-order valence-electron chi connectivity index (χ2n) is 2.38. The Hall–Kier alpha value is -0.490. The number of ketones is 1. The molecule has 0 bridgehead atoms. The molecule has 0 rings (SSSR count). The van der Waals surface area contributed by atoms with Crippen molar-refractivity contribution in [2.24, 2.45) is 5.73 Å². The lowest BCUT2D eigenvalue weighted by atomic mass is 10.1. The molecule has 0 saturated carbocycles. The van der Waals surface area contributed by atoms with E-state index in [0.717, 1.165) is 0 Å². The van der Waals surface area contributed by atoms with Gasteiger partial charge in [-0.05, 0) is 6.92 Å². The van der Waals surface area contributed by atoms with Crippen LogP contribution >= 0.6 is 0 Å². The Labute approximate surface area is 64.4 Å². The van der Waals surface area contributed by atoms with Crippen molar-refractivity contribution in [3.8, 4) is 0 Å². The van der Waals surface area contributed by atoms with Crippen LogP contribution < -0.4 is 5.73 Å². The van der Waals surface area contributed by atoms with Crippen molar-refractivity contribution in [2.45, 2.75) is 25.2 Å². The van der Waals surface area contributed by atoms with Crippen LogP contribution in [0.3, 0.4) is 0 Å². The lowest BCUT2D eigenvalue weighted by Crippen LogP contribution is -2.45. The van der Waals surface area contributed by atoms with Crippen LogP contribution in [0.5, 0.6) is 0 Å². The molecule has 5 N–H and O–H groups in total. The molecule has 0 fully saturated rings. The Balaban J connectivity index is 4.02. The molecule has 5 heteroatoms. The minimum atomic E-state index is -1.50. The summed E-state index contributed by atoms with van der Waals surface area (Å²) in [5.74, 6) is -0.748. The maximum Gasteiger partial charge on any atom is 0.182 e. The van der Waals surface area contributed by atoms with Gasteiger partial charge >= 0.3 is 0 Å². The SMILES string of the molecule is C[C@H](O)[C@H](O)C(=O)[C@H](N)CO. The summed E-state index contributed by atoms with van der Waals surface area (Å²) in [5.41, 5.74) is 5.08. The summed E-state index contributed by atoms with van der Waals surface area (Å²) in [7, 11) is 0. The summed E-state index contributed by atoms with van der Waals surface area (Å²) in [6.07, 6.45) is -2.66. The number of nitrogens with two attached hydrogens (primary N) is 1. The normalized spacial score (nSPS) is 19.0. The first-order valence-corrected chi connectivity index (χ1v) is 3.27. The number of aliphatic hydroxyl groups is 3. The molecule has 5 nitrogen and oxygen atoms in total. The van der Waals surface area contributed by atoms with Crippen LogP contribution in [0.2, 0.25) is 0 Å². The first kappa shape index (κ1) is 10.5. The van der Waals surface area contributed by atoms with E-state index in [1.165, 1.54) is 6.92 Å². The molecule has 0 unspecified atom stereocenters. The van der Waals surface area contributed by atoms with E-state index in [2.05, 4.69) is 0 Å². The molecule has 0 aliphatic carbocycles. The average Bonchev–Trinajstić information content (AvgIpc) is 2.00. The van der Waals surface area contributed by atoms with Gasteiger partial charge in [-0.3, -0.25) is 4.79 Å². The molecule has 0 radical (unpaired) electrons. The zero-order valence-electron chi connectivity index (χ0n) is 6.27. The summed E-state index contributed by atoms with van der Waals surface area (Å²) in [6.45, 7) is 0.745. The summed E-state index contributed by atoms with van der Waals surface area (Å²) >= 11 is 0.